The summed E-state index contributed by atoms with van der Waals surface area (Å²) in [6.45, 7) is 5.07. The van der Waals surface area contributed by atoms with Crippen molar-refractivity contribution in [3.63, 3.8) is 0 Å². The minimum Gasteiger partial charge on any atom is -0.370 e. The van der Waals surface area contributed by atoms with Crippen LogP contribution in [0.25, 0.3) is 0 Å². The topological polar surface area (TPSA) is 49.2 Å². The van der Waals surface area contributed by atoms with E-state index >= 15 is 0 Å². The van der Waals surface area contributed by atoms with Crippen LogP contribution in [0.15, 0.2) is 85.3 Å². The predicted molar refractivity (Wildman–Crippen MR) is 158 cm³/mol. The Morgan fingerprint density at radius 1 is 0.974 bits per heavy atom. The number of anilines is 2. The number of nitrogens with zero attached hydrogens (tertiary/aromatic N) is 5. The predicted octanol–water partition coefficient (Wildman–Crippen LogP) is 6.39. The number of nitrogens with one attached hydrogen (secondary N) is 1. The quantitative estimate of drug-likeness (QED) is 0.285. The zero-order valence-corrected chi connectivity index (χ0v) is 22.9. The molecule has 2 fully saturated rings. The first-order valence-electron chi connectivity index (χ1n) is 13.2. The lowest BCUT2D eigenvalue weighted by atomic mass is 9.98. The molecule has 0 saturated carbocycles. The molecule has 0 bridgehead atoms. The van der Waals surface area contributed by atoms with Crippen LogP contribution in [-0.2, 0) is 6.54 Å². The van der Waals surface area contributed by atoms with Gasteiger partial charge >= 0.3 is 0 Å². The van der Waals surface area contributed by atoms with E-state index in [0.717, 1.165) is 52.5 Å². The summed E-state index contributed by atoms with van der Waals surface area (Å²) in [4.78, 5) is 13.8. The second-order valence-corrected chi connectivity index (χ2v) is 11.0. The van der Waals surface area contributed by atoms with Crippen LogP contribution in [0.2, 0.25) is 5.02 Å². The summed E-state index contributed by atoms with van der Waals surface area (Å²) in [5, 5.41) is 4.98. The molecule has 8 heteroatoms. The van der Waals surface area contributed by atoms with Crippen LogP contribution in [0, 0.1) is 5.92 Å². The first-order chi connectivity index (χ1) is 18.6. The standard InChI is InChI=1S/C30H31ClN6S/c1-21-12-17-35(18-13-21)26-11-10-23(19-24(26)31)37-29(28(34-30(37)38)25-8-3-5-15-33-25)27-9-6-16-36(27)20-22-7-2-4-14-32-22/h2-11,14-16,19,21,28-29H,12-13,17-18,20H2,1H3,(H,34,38)/t28-,29-/m0/s1. The van der Waals surface area contributed by atoms with Gasteiger partial charge in [-0.25, -0.2) is 0 Å². The Hall–Kier alpha value is -3.42. The van der Waals surface area contributed by atoms with Gasteiger partial charge in [-0.3, -0.25) is 9.97 Å². The molecular formula is C30H31ClN6S. The summed E-state index contributed by atoms with van der Waals surface area (Å²) < 4.78 is 2.25. The van der Waals surface area contributed by atoms with Gasteiger partial charge in [0.05, 0.1) is 34.7 Å². The van der Waals surface area contributed by atoms with E-state index in [1.165, 1.54) is 12.8 Å². The van der Waals surface area contributed by atoms with Gasteiger partial charge in [-0.2, -0.15) is 0 Å². The van der Waals surface area contributed by atoms with Crippen molar-refractivity contribution in [2.45, 2.75) is 38.4 Å². The minimum absolute atomic E-state index is 0.117. The van der Waals surface area contributed by atoms with Gasteiger partial charge in [-0.15, -0.1) is 0 Å². The zero-order valence-electron chi connectivity index (χ0n) is 21.4. The fraction of sp³-hybridized carbons (Fsp3) is 0.300. The van der Waals surface area contributed by atoms with E-state index in [0.29, 0.717) is 11.7 Å². The first-order valence-corrected chi connectivity index (χ1v) is 14.0. The Morgan fingerprint density at radius 2 is 1.76 bits per heavy atom. The van der Waals surface area contributed by atoms with Gasteiger partial charge in [0.25, 0.3) is 0 Å². The fourth-order valence-electron chi connectivity index (χ4n) is 5.59. The Kier molecular flexibility index (Phi) is 7.04. The molecule has 0 radical (unpaired) electrons. The highest BCUT2D eigenvalue weighted by Gasteiger charge is 2.42. The second-order valence-electron chi connectivity index (χ2n) is 10.2. The normalized spacial score (nSPS) is 20.1. The number of hydrogen-bond donors (Lipinski definition) is 1. The van der Waals surface area contributed by atoms with Gasteiger partial charge in [0.2, 0.25) is 0 Å². The number of pyridine rings is 2. The third-order valence-corrected chi connectivity index (χ3v) is 8.28. The van der Waals surface area contributed by atoms with E-state index in [-0.39, 0.29) is 12.1 Å². The molecule has 194 valence electrons. The van der Waals surface area contributed by atoms with Crippen LogP contribution in [-0.4, -0.2) is 32.7 Å². The molecule has 5 heterocycles. The number of thiocarbonyl (C=S) groups is 1. The highest BCUT2D eigenvalue weighted by Crippen LogP contribution is 2.43. The van der Waals surface area contributed by atoms with Crippen molar-refractivity contribution < 1.29 is 0 Å². The van der Waals surface area contributed by atoms with Crippen LogP contribution in [0.5, 0.6) is 0 Å². The Labute approximate surface area is 234 Å². The maximum Gasteiger partial charge on any atom is 0.174 e. The lowest BCUT2D eigenvalue weighted by Gasteiger charge is -2.33. The van der Waals surface area contributed by atoms with Gasteiger partial charge in [0.1, 0.15) is 6.04 Å². The molecule has 6 rings (SSSR count). The average molecular weight is 543 g/mol. The van der Waals surface area contributed by atoms with E-state index in [9.17, 15) is 0 Å². The molecule has 0 spiro atoms. The van der Waals surface area contributed by atoms with Crippen molar-refractivity contribution in [2.24, 2.45) is 5.92 Å². The second kappa shape index (κ2) is 10.8. The van der Waals surface area contributed by atoms with E-state index in [2.05, 4.69) is 80.3 Å². The Morgan fingerprint density at radius 3 is 2.47 bits per heavy atom. The molecule has 3 aromatic heterocycles. The summed E-state index contributed by atoms with van der Waals surface area (Å²) in [6.07, 6.45) is 8.16. The van der Waals surface area contributed by atoms with Crippen LogP contribution in [0.3, 0.4) is 0 Å². The fourth-order valence-corrected chi connectivity index (χ4v) is 6.23. The molecule has 38 heavy (non-hydrogen) atoms. The van der Waals surface area contributed by atoms with Crippen LogP contribution in [0.4, 0.5) is 11.4 Å². The Balaban J connectivity index is 1.38. The molecule has 2 saturated heterocycles. The third-order valence-electron chi connectivity index (χ3n) is 7.66. The van der Waals surface area contributed by atoms with Crippen LogP contribution >= 0.6 is 23.8 Å². The summed E-state index contributed by atoms with van der Waals surface area (Å²) >= 11 is 12.9. The van der Waals surface area contributed by atoms with Crippen LogP contribution in [0.1, 0.15) is 48.9 Å². The molecule has 0 amide bonds. The summed E-state index contributed by atoms with van der Waals surface area (Å²) in [6, 6.07) is 22.4. The van der Waals surface area contributed by atoms with Crippen LogP contribution < -0.4 is 15.1 Å². The maximum absolute atomic E-state index is 6.93. The SMILES string of the molecule is CC1CCN(c2ccc(N3C(=S)N[C@@H](c4ccccn4)[C@@H]3c3cccn3Cc3ccccn3)cc2Cl)CC1. The summed E-state index contributed by atoms with van der Waals surface area (Å²) in [5.41, 5.74) is 5.14. The van der Waals surface area contributed by atoms with Crippen molar-refractivity contribution in [3.8, 4) is 0 Å². The lowest BCUT2D eigenvalue weighted by Crippen LogP contribution is -2.33. The van der Waals surface area contributed by atoms with Gasteiger partial charge in [0.15, 0.2) is 5.11 Å². The molecule has 0 unspecified atom stereocenters. The molecule has 1 N–H and O–H groups in total. The highest BCUT2D eigenvalue weighted by atomic mass is 35.5. The average Bonchev–Trinajstić information content (AvgIpc) is 3.53. The molecule has 2 atom stereocenters. The number of piperidine rings is 1. The zero-order chi connectivity index (χ0) is 26.1. The molecule has 6 nitrogen and oxygen atoms in total. The molecular weight excluding hydrogens is 512 g/mol. The number of benzene rings is 1. The van der Waals surface area contributed by atoms with Gasteiger partial charge in [-0.05, 0) is 85.6 Å². The highest BCUT2D eigenvalue weighted by molar-refractivity contribution is 7.80. The van der Waals surface area contributed by atoms with Gasteiger partial charge in [0, 0.05) is 43.1 Å². The van der Waals surface area contributed by atoms with Crippen molar-refractivity contribution in [1.29, 1.82) is 0 Å². The van der Waals surface area contributed by atoms with E-state index in [1.54, 1.807) is 0 Å². The summed E-state index contributed by atoms with van der Waals surface area (Å²) in [5.74, 6) is 0.768. The largest absolute Gasteiger partial charge is 0.370 e. The van der Waals surface area contributed by atoms with Gasteiger partial charge in [-0.1, -0.05) is 30.7 Å². The number of hydrogen-bond acceptors (Lipinski definition) is 4. The van der Waals surface area contributed by atoms with Gasteiger partial charge < -0.3 is 19.7 Å². The van der Waals surface area contributed by atoms with E-state index in [1.807, 2.05) is 36.7 Å². The monoisotopic (exact) mass is 542 g/mol. The number of aromatic nitrogens is 3. The molecule has 2 aliphatic rings. The Bertz CT molecular complexity index is 1400. The third kappa shape index (κ3) is 4.88. The number of rotatable bonds is 6. The smallest absolute Gasteiger partial charge is 0.174 e. The molecule has 0 aliphatic carbocycles. The minimum atomic E-state index is -0.122. The van der Waals surface area contributed by atoms with Crippen molar-refractivity contribution in [3.05, 3.63) is 107 Å². The van der Waals surface area contributed by atoms with Crippen molar-refractivity contribution in [2.75, 3.05) is 22.9 Å². The van der Waals surface area contributed by atoms with E-state index in [4.69, 9.17) is 28.8 Å². The lowest BCUT2D eigenvalue weighted by molar-refractivity contribution is 0.438. The van der Waals surface area contributed by atoms with Crippen molar-refractivity contribution in [1.82, 2.24) is 19.9 Å². The molecule has 2 aliphatic heterocycles. The maximum atomic E-state index is 6.93. The molecule has 4 aromatic rings. The molecule has 1 aromatic carbocycles. The summed E-state index contributed by atoms with van der Waals surface area (Å²) in [7, 11) is 0. The number of halogens is 1. The first kappa shape index (κ1) is 24.9. The van der Waals surface area contributed by atoms with E-state index < -0.39 is 0 Å². The van der Waals surface area contributed by atoms with Crippen molar-refractivity contribution >= 4 is 40.3 Å².